The minimum absolute atomic E-state index is 0.0364. The molecule has 0 atom stereocenters. The lowest BCUT2D eigenvalue weighted by Gasteiger charge is -2.70. The molecule has 7 nitrogen and oxygen atoms in total. The second-order valence-corrected chi connectivity index (χ2v) is 8.12. The van der Waals surface area contributed by atoms with Crippen LogP contribution in [0.3, 0.4) is 0 Å². The number of hydrogen-bond donors (Lipinski definition) is 2. The van der Waals surface area contributed by atoms with Crippen LogP contribution in [0.25, 0.3) is 0 Å². The first-order valence-corrected chi connectivity index (χ1v) is 9.68. The number of carbonyl (C=O) groups is 2. The predicted octanol–water partition coefficient (Wildman–Crippen LogP) is 3.08. The second-order valence-electron chi connectivity index (χ2n) is 7.72. The van der Waals surface area contributed by atoms with Gasteiger partial charge in [0.05, 0.1) is 11.2 Å². The van der Waals surface area contributed by atoms with Gasteiger partial charge in [-0.1, -0.05) is 11.6 Å². The lowest BCUT2D eigenvalue weighted by atomic mass is 9.44. The average Bonchev–Trinajstić information content (AvgIpc) is 2.66. The van der Waals surface area contributed by atoms with Crippen LogP contribution in [-0.4, -0.2) is 41.1 Å². The van der Waals surface area contributed by atoms with Crippen LogP contribution in [0.5, 0.6) is 11.5 Å². The van der Waals surface area contributed by atoms with Crippen molar-refractivity contribution in [3.8, 4) is 11.5 Å². The minimum Gasteiger partial charge on any atom is -0.484 e. The topological polar surface area (TPSA) is 89.6 Å². The maximum atomic E-state index is 13.4. The number of rotatable bonds is 8. The molecule has 31 heavy (non-hydrogen) atoms. The first kappa shape index (κ1) is 21.2. The van der Waals surface area contributed by atoms with Crippen LogP contribution in [0.15, 0.2) is 36.5 Å². The molecule has 0 spiro atoms. The molecule has 1 heterocycles. The average molecular weight is 456 g/mol. The molecule has 0 radical (unpaired) electrons. The van der Waals surface area contributed by atoms with Gasteiger partial charge in [-0.3, -0.25) is 9.59 Å². The normalized spacial score (nSPS) is 23.4. The van der Waals surface area contributed by atoms with E-state index in [1.165, 1.54) is 24.3 Å². The first-order chi connectivity index (χ1) is 14.7. The monoisotopic (exact) mass is 455 g/mol. The molecule has 0 aliphatic heterocycles. The SMILES string of the molecule is O=C(COc1ccc(Cl)c(F)c1)NC12CC(NC(=O)c3ccc(OC(F)F)cn3)(C1)C2. The molecular weight excluding hydrogens is 439 g/mol. The van der Waals surface area contributed by atoms with Crippen molar-refractivity contribution in [2.45, 2.75) is 37.0 Å². The maximum Gasteiger partial charge on any atom is 0.387 e. The van der Waals surface area contributed by atoms with Crippen LogP contribution in [0.1, 0.15) is 29.8 Å². The van der Waals surface area contributed by atoms with Crippen LogP contribution in [0.4, 0.5) is 13.2 Å². The quantitative estimate of drug-likeness (QED) is 0.638. The van der Waals surface area contributed by atoms with Gasteiger partial charge in [-0.15, -0.1) is 0 Å². The molecule has 3 saturated carbocycles. The number of ether oxygens (including phenoxy) is 2. The molecule has 5 rings (SSSR count). The number of carbonyl (C=O) groups excluding carboxylic acids is 2. The molecule has 0 unspecified atom stereocenters. The van der Waals surface area contributed by atoms with E-state index < -0.39 is 29.4 Å². The molecule has 1 aromatic heterocycles. The summed E-state index contributed by atoms with van der Waals surface area (Å²) < 4.78 is 47.2. The summed E-state index contributed by atoms with van der Waals surface area (Å²) in [6.45, 7) is -3.24. The van der Waals surface area contributed by atoms with Gasteiger partial charge in [0.2, 0.25) is 0 Å². The lowest BCUT2D eigenvalue weighted by Crippen LogP contribution is -2.84. The summed E-state index contributed by atoms with van der Waals surface area (Å²) in [5, 5.41) is 5.72. The fraction of sp³-hybridized carbons (Fsp3) is 0.350. The van der Waals surface area contributed by atoms with Gasteiger partial charge in [-0.25, -0.2) is 9.37 Å². The fourth-order valence-electron chi connectivity index (χ4n) is 4.09. The summed E-state index contributed by atoms with van der Waals surface area (Å²) in [5.74, 6) is -1.37. The molecule has 3 fully saturated rings. The van der Waals surface area contributed by atoms with Crippen molar-refractivity contribution in [2.24, 2.45) is 0 Å². The zero-order valence-electron chi connectivity index (χ0n) is 16.0. The minimum atomic E-state index is -2.97. The molecular formula is C20H17ClF3N3O4. The number of hydrogen-bond acceptors (Lipinski definition) is 5. The van der Waals surface area contributed by atoms with Crippen molar-refractivity contribution in [3.63, 3.8) is 0 Å². The summed E-state index contributed by atoms with van der Waals surface area (Å²) >= 11 is 5.60. The van der Waals surface area contributed by atoms with Crippen molar-refractivity contribution < 1.29 is 32.2 Å². The lowest BCUT2D eigenvalue weighted by molar-refractivity contribution is -0.141. The Morgan fingerprint density at radius 3 is 2.39 bits per heavy atom. The number of halogens is 4. The summed E-state index contributed by atoms with van der Waals surface area (Å²) in [6, 6.07) is 6.44. The van der Waals surface area contributed by atoms with E-state index in [1.807, 2.05) is 0 Å². The van der Waals surface area contributed by atoms with E-state index in [4.69, 9.17) is 16.3 Å². The van der Waals surface area contributed by atoms with Gasteiger partial charge in [0, 0.05) is 17.1 Å². The Morgan fingerprint density at radius 2 is 1.77 bits per heavy atom. The Hall–Kier alpha value is -3.01. The van der Waals surface area contributed by atoms with Crippen molar-refractivity contribution in [1.82, 2.24) is 15.6 Å². The van der Waals surface area contributed by atoms with E-state index >= 15 is 0 Å². The predicted molar refractivity (Wildman–Crippen MR) is 103 cm³/mol. The smallest absolute Gasteiger partial charge is 0.387 e. The van der Waals surface area contributed by atoms with Gasteiger partial charge in [-0.2, -0.15) is 8.78 Å². The summed E-state index contributed by atoms with van der Waals surface area (Å²) in [5.41, 5.74) is -0.751. The molecule has 2 aromatic rings. The van der Waals surface area contributed by atoms with E-state index in [2.05, 4.69) is 20.4 Å². The standard InChI is InChI=1S/C20H17ClF3N3O4/c21-13-3-1-11(5-14(13)22)30-7-16(28)26-19-8-20(9-19,10-19)27-17(29)15-4-2-12(6-25-15)31-18(23)24/h1-6,18H,7-10H2,(H,26,28)(H,27,29). The van der Waals surface area contributed by atoms with Crippen LogP contribution < -0.4 is 20.1 Å². The number of amides is 2. The summed E-state index contributed by atoms with van der Waals surface area (Å²) in [7, 11) is 0. The third kappa shape index (κ3) is 4.53. The van der Waals surface area contributed by atoms with E-state index in [9.17, 15) is 22.8 Å². The third-order valence-corrected chi connectivity index (χ3v) is 5.58. The molecule has 0 saturated heterocycles. The second kappa shape index (κ2) is 7.92. The number of pyridine rings is 1. The van der Waals surface area contributed by atoms with Gasteiger partial charge in [-0.05, 0) is 43.5 Å². The summed E-state index contributed by atoms with van der Waals surface area (Å²) in [6.07, 6.45) is 2.72. The van der Waals surface area contributed by atoms with Crippen LogP contribution >= 0.6 is 11.6 Å². The number of benzene rings is 1. The van der Waals surface area contributed by atoms with Gasteiger partial charge >= 0.3 is 6.61 Å². The molecule has 11 heteroatoms. The van der Waals surface area contributed by atoms with Crippen molar-refractivity contribution in [1.29, 1.82) is 0 Å². The van der Waals surface area contributed by atoms with Crippen molar-refractivity contribution >= 4 is 23.4 Å². The molecule has 3 aliphatic carbocycles. The Kier molecular flexibility index (Phi) is 5.42. The third-order valence-electron chi connectivity index (χ3n) is 5.27. The Balaban J connectivity index is 1.22. The van der Waals surface area contributed by atoms with E-state index in [1.54, 1.807) is 0 Å². The number of alkyl halides is 2. The highest BCUT2D eigenvalue weighted by atomic mass is 35.5. The largest absolute Gasteiger partial charge is 0.484 e. The summed E-state index contributed by atoms with van der Waals surface area (Å²) in [4.78, 5) is 28.3. The Morgan fingerprint density at radius 1 is 1.10 bits per heavy atom. The zero-order chi connectivity index (χ0) is 22.2. The highest BCUT2D eigenvalue weighted by molar-refractivity contribution is 6.30. The maximum absolute atomic E-state index is 13.4. The Bertz CT molecular complexity index is 999. The number of nitrogens with one attached hydrogen (secondary N) is 2. The highest BCUT2D eigenvalue weighted by Gasteiger charge is 2.69. The van der Waals surface area contributed by atoms with Crippen molar-refractivity contribution in [2.75, 3.05) is 6.61 Å². The highest BCUT2D eigenvalue weighted by Crippen LogP contribution is 2.60. The number of aromatic nitrogens is 1. The molecule has 2 bridgehead atoms. The van der Waals surface area contributed by atoms with Crippen molar-refractivity contribution in [3.05, 3.63) is 53.1 Å². The zero-order valence-corrected chi connectivity index (χ0v) is 16.7. The van der Waals surface area contributed by atoms with E-state index in [0.29, 0.717) is 19.3 Å². The number of nitrogens with zero attached hydrogens (tertiary/aromatic N) is 1. The van der Waals surface area contributed by atoms with Crippen LogP contribution in [-0.2, 0) is 4.79 Å². The first-order valence-electron chi connectivity index (χ1n) is 9.30. The van der Waals surface area contributed by atoms with Gasteiger partial charge < -0.3 is 20.1 Å². The molecule has 2 N–H and O–H groups in total. The van der Waals surface area contributed by atoms with Gasteiger partial charge in [0.15, 0.2) is 6.61 Å². The Labute approximate surface area is 179 Å². The molecule has 164 valence electrons. The molecule has 1 aromatic carbocycles. The fourth-order valence-corrected chi connectivity index (χ4v) is 4.21. The van der Waals surface area contributed by atoms with Gasteiger partial charge in [0.1, 0.15) is 23.0 Å². The van der Waals surface area contributed by atoms with Crippen LogP contribution in [0, 0.1) is 5.82 Å². The van der Waals surface area contributed by atoms with E-state index in [0.717, 1.165) is 12.3 Å². The molecule has 3 aliphatic rings. The molecule has 2 amide bonds. The van der Waals surface area contributed by atoms with E-state index in [-0.39, 0.29) is 34.7 Å². The van der Waals surface area contributed by atoms with Gasteiger partial charge in [0.25, 0.3) is 11.8 Å². The van der Waals surface area contributed by atoms with Crippen LogP contribution in [0.2, 0.25) is 5.02 Å².